The molecule has 0 radical (unpaired) electrons. The molecular formula is C31H48F3N3O10. The number of aliphatic carboxylic acids is 1. The monoisotopic (exact) mass is 679 g/mol. The van der Waals surface area contributed by atoms with Crippen LogP contribution in [0.2, 0.25) is 0 Å². The summed E-state index contributed by atoms with van der Waals surface area (Å²) in [6.07, 6.45) is -9.18. The maximum Gasteiger partial charge on any atom is 0.490 e. The Morgan fingerprint density at radius 2 is 1.57 bits per heavy atom. The molecule has 1 aromatic rings. The van der Waals surface area contributed by atoms with E-state index in [9.17, 15) is 32.7 Å². The minimum atomic E-state index is -5.08. The smallest absolute Gasteiger partial charge is 0.475 e. The van der Waals surface area contributed by atoms with Crippen molar-refractivity contribution in [1.82, 2.24) is 15.5 Å². The van der Waals surface area contributed by atoms with Crippen molar-refractivity contribution in [3.05, 3.63) is 35.9 Å². The van der Waals surface area contributed by atoms with Gasteiger partial charge in [-0.15, -0.1) is 0 Å². The molecule has 7 atom stereocenters. The molecule has 268 valence electrons. The first-order valence-electron chi connectivity index (χ1n) is 15.0. The molecule has 0 saturated carbocycles. The second-order valence-electron chi connectivity index (χ2n) is 12.0. The Hall–Kier alpha value is -3.47. The van der Waals surface area contributed by atoms with Gasteiger partial charge in [0.05, 0.1) is 18.6 Å². The molecule has 4 N–H and O–H groups in total. The van der Waals surface area contributed by atoms with Gasteiger partial charge in [0, 0.05) is 34.4 Å². The van der Waals surface area contributed by atoms with Crippen molar-refractivity contribution < 1.29 is 61.5 Å². The number of nitrogens with zero attached hydrogens (tertiary/aromatic N) is 1. The first-order chi connectivity index (χ1) is 21.8. The number of likely N-dealkylation sites (N-methyl/N-ethyl adjacent to an activating group) is 1. The quantitative estimate of drug-likeness (QED) is 0.243. The summed E-state index contributed by atoms with van der Waals surface area (Å²) in [6, 6.07) is 8.87. The molecule has 1 heterocycles. The average Bonchev–Trinajstić information content (AvgIpc) is 3.35. The van der Waals surface area contributed by atoms with E-state index in [0.717, 1.165) is 5.56 Å². The van der Waals surface area contributed by atoms with Crippen molar-refractivity contribution in [2.24, 2.45) is 5.92 Å². The lowest BCUT2D eigenvalue weighted by Gasteiger charge is -2.36. The molecule has 3 amide bonds. The van der Waals surface area contributed by atoms with Gasteiger partial charge in [-0.25, -0.2) is 9.59 Å². The van der Waals surface area contributed by atoms with E-state index in [2.05, 4.69) is 10.6 Å². The first kappa shape index (κ1) is 41.6. The van der Waals surface area contributed by atoms with Gasteiger partial charge >= 0.3 is 18.2 Å². The fourth-order valence-corrected chi connectivity index (χ4v) is 4.85. The Bertz CT molecular complexity index is 1150. The average molecular weight is 680 g/mol. The van der Waals surface area contributed by atoms with Crippen LogP contribution < -0.4 is 10.6 Å². The van der Waals surface area contributed by atoms with Crippen LogP contribution in [0.25, 0.3) is 0 Å². The molecule has 13 nitrogen and oxygen atoms in total. The van der Waals surface area contributed by atoms with Gasteiger partial charge in [-0.3, -0.25) is 9.59 Å². The number of halogens is 3. The number of hydrogen-bond donors (Lipinski definition) is 4. The highest BCUT2D eigenvalue weighted by Crippen LogP contribution is 2.27. The number of benzene rings is 1. The number of aliphatic hydroxyl groups is 1. The van der Waals surface area contributed by atoms with Crippen LogP contribution in [0.5, 0.6) is 0 Å². The van der Waals surface area contributed by atoms with E-state index in [-0.39, 0.29) is 24.8 Å². The normalized spacial score (nSPS) is 21.4. The van der Waals surface area contributed by atoms with Crippen LogP contribution in [0.4, 0.5) is 18.0 Å². The lowest BCUT2D eigenvalue weighted by atomic mass is 9.91. The minimum absolute atomic E-state index is 0.0439. The zero-order chi connectivity index (χ0) is 36.1. The SMILES string of the molecule is CC[C@H](C)[C@@H]([C@H](O)CC(=O)NC[C@H]1O[C@@H](C(=O)NCc2ccccc2)[C@@H](OC)[C@@H]1OC)N(C)C(=O)OC(C)(C)C.O=C(O)C(F)(F)F. The number of alkyl halides is 3. The van der Waals surface area contributed by atoms with E-state index in [4.69, 9.17) is 28.8 Å². The second kappa shape index (κ2) is 18.8. The van der Waals surface area contributed by atoms with E-state index in [1.54, 1.807) is 27.8 Å². The zero-order valence-electron chi connectivity index (χ0n) is 28.0. The molecule has 1 saturated heterocycles. The number of rotatable bonds is 13. The van der Waals surface area contributed by atoms with Gasteiger partial charge < -0.3 is 44.7 Å². The molecule has 1 aliphatic rings. The van der Waals surface area contributed by atoms with Crippen LogP contribution in [0.3, 0.4) is 0 Å². The largest absolute Gasteiger partial charge is 0.490 e. The predicted octanol–water partition coefficient (Wildman–Crippen LogP) is 2.88. The topological polar surface area (TPSA) is 173 Å². The van der Waals surface area contributed by atoms with Crippen molar-refractivity contribution in [3.63, 3.8) is 0 Å². The van der Waals surface area contributed by atoms with Gasteiger partial charge in [0.15, 0.2) is 6.10 Å². The number of amides is 3. The summed E-state index contributed by atoms with van der Waals surface area (Å²) in [5.74, 6) is -3.62. The van der Waals surface area contributed by atoms with Gasteiger partial charge in [-0.05, 0) is 32.3 Å². The molecule has 0 aromatic heterocycles. The van der Waals surface area contributed by atoms with Crippen LogP contribution in [-0.4, -0.2) is 115 Å². The molecule has 1 fully saturated rings. The van der Waals surface area contributed by atoms with Gasteiger partial charge in [-0.1, -0.05) is 50.6 Å². The second-order valence-corrected chi connectivity index (χ2v) is 12.0. The molecule has 47 heavy (non-hydrogen) atoms. The number of carbonyl (C=O) groups excluding carboxylic acids is 3. The van der Waals surface area contributed by atoms with E-state index in [1.165, 1.54) is 19.1 Å². The predicted molar refractivity (Wildman–Crippen MR) is 163 cm³/mol. The van der Waals surface area contributed by atoms with Gasteiger partial charge in [0.25, 0.3) is 5.91 Å². The molecular weight excluding hydrogens is 631 g/mol. The number of carboxylic acid groups (broad SMARTS) is 1. The summed E-state index contributed by atoms with van der Waals surface area (Å²) < 4.78 is 54.3. The van der Waals surface area contributed by atoms with Crippen LogP contribution in [0, 0.1) is 5.92 Å². The third kappa shape index (κ3) is 13.7. The maximum absolute atomic E-state index is 12.9. The molecule has 1 aromatic carbocycles. The lowest BCUT2D eigenvalue weighted by Crippen LogP contribution is -2.51. The Kier molecular flexibility index (Phi) is 16.6. The van der Waals surface area contributed by atoms with Crippen molar-refractivity contribution in [2.75, 3.05) is 27.8 Å². The highest BCUT2D eigenvalue weighted by Gasteiger charge is 2.48. The fourth-order valence-electron chi connectivity index (χ4n) is 4.85. The third-order valence-corrected chi connectivity index (χ3v) is 7.31. The molecule has 0 aliphatic carbocycles. The summed E-state index contributed by atoms with van der Waals surface area (Å²) >= 11 is 0. The minimum Gasteiger partial charge on any atom is -0.475 e. The first-order valence-corrected chi connectivity index (χ1v) is 15.0. The summed E-state index contributed by atoms with van der Waals surface area (Å²) in [6.45, 7) is 9.55. The highest BCUT2D eigenvalue weighted by molar-refractivity contribution is 5.82. The standard InChI is InChI=1S/C29H47N3O8.C2HF3O2/c1-9-18(2)23(32(6)28(36)40-29(3,4)5)20(33)15-22(34)30-17-21-24(37-7)25(38-8)26(39-21)27(35)31-16-19-13-11-10-12-14-19;3-2(4,5)1(6)7/h10-14,18,20-21,23-26,33H,9,15-17H2,1-8H3,(H,30,34)(H,31,35);(H,6,7)/t18-,20+,21+,23-,24+,25-,26+;/m0./s1. The number of aliphatic hydroxyl groups excluding tert-OH is 1. The van der Waals surface area contributed by atoms with Crippen molar-refractivity contribution >= 4 is 23.9 Å². The summed E-state index contributed by atoms with van der Waals surface area (Å²) in [5, 5.41) is 23.8. The van der Waals surface area contributed by atoms with E-state index >= 15 is 0 Å². The summed E-state index contributed by atoms with van der Waals surface area (Å²) in [4.78, 5) is 48.7. The van der Waals surface area contributed by atoms with Crippen LogP contribution in [0.15, 0.2) is 30.3 Å². The Morgan fingerprint density at radius 1 is 1.02 bits per heavy atom. The summed E-state index contributed by atoms with van der Waals surface area (Å²) in [7, 11) is 4.53. The van der Waals surface area contributed by atoms with Crippen LogP contribution >= 0.6 is 0 Å². The molecule has 0 spiro atoms. The maximum atomic E-state index is 12.9. The Morgan fingerprint density at radius 3 is 2.04 bits per heavy atom. The van der Waals surface area contributed by atoms with Crippen molar-refractivity contribution in [1.29, 1.82) is 0 Å². The fraction of sp³-hybridized carbons (Fsp3) is 0.677. The summed E-state index contributed by atoms with van der Waals surface area (Å²) in [5.41, 5.74) is 0.255. The number of ether oxygens (including phenoxy) is 4. The van der Waals surface area contributed by atoms with Gasteiger partial charge in [0.1, 0.15) is 23.9 Å². The number of hydrogen-bond acceptors (Lipinski definition) is 9. The van der Waals surface area contributed by atoms with Crippen molar-refractivity contribution in [2.45, 2.75) is 102 Å². The number of carbonyl (C=O) groups is 4. The molecule has 0 unspecified atom stereocenters. The molecule has 16 heteroatoms. The molecule has 1 aliphatic heterocycles. The number of nitrogens with one attached hydrogen (secondary N) is 2. The van der Waals surface area contributed by atoms with Gasteiger partial charge in [0.2, 0.25) is 5.91 Å². The number of methoxy groups -OCH3 is 2. The zero-order valence-corrected chi connectivity index (χ0v) is 28.0. The Labute approximate surface area is 273 Å². The highest BCUT2D eigenvalue weighted by atomic mass is 19.4. The Balaban J connectivity index is 0.00000141. The van der Waals surface area contributed by atoms with Crippen LogP contribution in [-0.2, 0) is 39.9 Å². The van der Waals surface area contributed by atoms with Gasteiger partial charge in [-0.2, -0.15) is 13.2 Å². The van der Waals surface area contributed by atoms with E-state index < -0.39 is 66.3 Å². The molecule has 2 rings (SSSR count). The lowest BCUT2D eigenvalue weighted by molar-refractivity contribution is -0.192. The third-order valence-electron chi connectivity index (χ3n) is 7.31. The van der Waals surface area contributed by atoms with Crippen LogP contribution in [0.1, 0.15) is 53.0 Å². The number of carboxylic acids is 1. The van der Waals surface area contributed by atoms with Crippen molar-refractivity contribution in [3.8, 4) is 0 Å². The van der Waals surface area contributed by atoms with E-state index in [0.29, 0.717) is 13.0 Å². The van der Waals surface area contributed by atoms with E-state index in [1.807, 2.05) is 44.2 Å². The molecule has 0 bridgehead atoms.